The standard InChI is InChI=1S/C17H27N3O3.HI/c1-4-18-17(20-13-8-6-5-7-9-13)19-11-14-10-15(12(2)23-14)16(21)22-3;/h10,13H,4-9,11H2,1-3H3,(H2,18,19,20);1H. The number of halogens is 1. The van der Waals surface area contributed by atoms with Crippen LogP contribution >= 0.6 is 24.0 Å². The highest BCUT2D eigenvalue weighted by Crippen LogP contribution is 2.18. The lowest BCUT2D eigenvalue weighted by Crippen LogP contribution is -2.44. The van der Waals surface area contributed by atoms with Gasteiger partial charge in [-0.2, -0.15) is 0 Å². The molecule has 1 aliphatic rings. The van der Waals surface area contributed by atoms with Gasteiger partial charge in [0, 0.05) is 12.6 Å². The van der Waals surface area contributed by atoms with Crippen LogP contribution < -0.4 is 10.6 Å². The molecule has 1 heterocycles. The molecule has 6 nitrogen and oxygen atoms in total. The summed E-state index contributed by atoms with van der Waals surface area (Å²) in [6.45, 7) is 5.00. The first kappa shape index (κ1) is 20.8. The summed E-state index contributed by atoms with van der Waals surface area (Å²) >= 11 is 0. The molecule has 0 spiro atoms. The molecular weight excluding hydrogens is 421 g/mol. The molecule has 0 aliphatic heterocycles. The van der Waals surface area contributed by atoms with Crippen LogP contribution in [0, 0.1) is 6.92 Å². The highest BCUT2D eigenvalue weighted by atomic mass is 127. The Balaban J connectivity index is 0.00000288. The van der Waals surface area contributed by atoms with Gasteiger partial charge in [-0.25, -0.2) is 9.79 Å². The zero-order valence-electron chi connectivity index (χ0n) is 14.7. The van der Waals surface area contributed by atoms with Crippen molar-refractivity contribution in [1.82, 2.24) is 10.6 Å². The molecule has 0 amide bonds. The Kier molecular flexibility index (Phi) is 9.17. The molecule has 1 aromatic heterocycles. The Morgan fingerprint density at radius 1 is 1.38 bits per heavy atom. The lowest BCUT2D eigenvalue weighted by molar-refractivity contribution is 0.0599. The summed E-state index contributed by atoms with van der Waals surface area (Å²) in [5.74, 6) is 1.64. The van der Waals surface area contributed by atoms with Crippen LogP contribution in [-0.2, 0) is 11.3 Å². The second kappa shape index (κ2) is 10.6. The van der Waals surface area contributed by atoms with Gasteiger partial charge >= 0.3 is 5.97 Å². The number of nitrogens with zero attached hydrogens (tertiary/aromatic N) is 1. The Labute approximate surface area is 160 Å². The van der Waals surface area contributed by atoms with E-state index in [0.717, 1.165) is 12.5 Å². The monoisotopic (exact) mass is 449 g/mol. The van der Waals surface area contributed by atoms with Gasteiger partial charge in [0.1, 0.15) is 23.6 Å². The van der Waals surface area contributed by atoms with Gasteiger partial charge < -0.3 is 19.8 Å². The van der Waals surface area contributed by atoms with Crippen molar-refractivity contribution in [3.63, 3.8) is 0 Å². The number of aryl methyl sites for hydroxylation is 1. The molecule has 0 atom stereocenters. The number of ether oxygens (including phenoxy) is 1. The number of guanidine groups is 1. The van der Waals surface area contributed by atoms with Crippen LogP contribution in [0.25, 0.3) is 0 Å². The maximum absolute atomic E-state index is 11.6. The second-order valence-corrected chi connectivity index (χ2v) is 5.85. The van der Waals surface area contributed by atoms with Crippen molar-refractivity contribution in [2.45, 2.75) is 58.5 Å². The lowest BCUT2D eigenvalue weighted by atomic mass is 9.96. The van der Waals surface area contributed by atoms with E-state index in [0.29, 0.717) is 29.7 Å². The van der Waals surface area contributed by atoms with Crippen LogP contribution in [0.5, 0.6) is 0 Å². The molecule has 0 aromatic carbocycles. The molecule has 1 saturated carbocycles. The van der Waals surface area contributed by atoms with Crippen LogP contribution in [0.3, 0.4) is 0 Å². The second-order valence-electron chi connectivity index (χ2n) is 5.85. The predicted octanol–water partition coefficient (Wildman–Crippen LogP) is 3.38. The minimum absolute atomic E-state index is 0. The highest BCUT2D eigenvalue weighted by Gasteiger charge is 2.16. The van der Waals surface area contributed by atoms with E-state index in [1.54, 1.807) is 13.0 Å². The number of carbonyl (C=O) groups is 1. The van der Waals surface area contributed by atoms with E-state index >= 15 is 0 Å². The maximum Gasteiger partial charge on any atom is 0.341 e. The number of aliphatic imine (C=N–C) groups is 1. The van der Waals surface area contributed by atoms with E-state index in [-0.39, 0.29) is 29.9 Å². The van der Waals surface area contributed by atoms with Gasteiger partial charge in [0.15, 0.2) is 5.96 Å². The molecule has 0 bridgehead atoms. The largest absolute Gasteiger partial charge is 0.465 e. The summed E-state index contributed by atoms with van der Waals surface area (Å²) in [6, 6.07) is 2.19. The molecule has 2 rings (SSSR count). The van der Waals surface area contributed by atoms with E-state index < -0.39 is 0 Å². The van der Waals surface area contributed by atoms with Gasteiger partial charge in [-0.15, -0.1) is 24.0 Å². The Morgan fingerprint density at radius 3 is 2.71 bits per heavy atom. The number of hydrogen-bond acceptors (Lipinski definition) is 4. The fourth-order valence-electron chi connectivity index (χ4n) is 2.85. The first-order chi connectivity index (χ1) is 11.1. The van der Waals surface area contributed by atoms with Crippen LogP contribution in [-0.4, -0.2) is 31.6 Å². The first-order valence-corrected chi connectivity index (χ1v) is 8.36. The number of nitrogens with one attached hydrogen (secondary N) is 2. The van der Waals surface area contributed by atoms with E-state index in [2.05, 4.69) is 15.6 Å². The van der Waals surface area contributed by atoms with Gasteiger partial charge in [0.25, 0.3) is 0 Å². The molecular formula is C17H28IN3O3. The summed E-state index contributed by atoms with van der Waals surface area (Å²) < 4.78 is 10.3. The Hall–Kier alpha value is -1.25. The molecule has 1 aromatic rings. The zero-order valence-corrected chi connectivity index (χ0v) is 17.0. The molecule has 7 heteroatoms. The van der Waals surface area contributed by atoms with Crippen molar-refractivity contribution < 1.29 is 13.9 Å². The zero-order chi connectivity index (χ0) is 16.7. The summed E-state index contributed by atoms with van der Waals surface area (Å²) in [7, 11) is 1.37. The quantitative estimate of drug-likeness (QED) is 0.312. The van der Waals surface area contributed by atoms with Gasteiger partial charge in [-0.05, 0) is 32.8 Å². The van der Waals surface area contributed by atoms with Crippen LogP contribution in [0.2, 0.25) is 0 Å². The molecule has 0 radical (unpaired) electrons. The number of furan rings is 1. The van der Waals surface area contributed by atoms with Gasteiger partial charge in [0.2, 0.25) is 0 Å². The number of rotatable bonds is 5. The normalized spacial score (nSPS) is 15.5. The lowest BCUT2D eigenvalue weighted by Gasteiger charge is -2.24. The number of methoxy groups -OCH3 is 1. The van der Waals surface area contributed by atoms with Crippen molar-refractivity contribution in [3.8, 4) is 0 Å². The fourth-order valence-corrected chi connectivity index (χ4v) is 2.85. The third-order valence-electron chi connectivity index (χ3n) is 4.06. The minimum Gasteiger partial charge on any atom is -0.465 e. The van der Waals surface area contributed by atoms with Gasteiger partial charge in [-0.1, -0.05) is 19.3 Å². The topological polar surface area (TPSA) is 75.9 Å². The molecule has 2 N–H and O–H groups in total. The average Bonchev–Trinajstić information content (AvgIpc) is 2.94. The van der Waals surface area contributed by atoms with Crippen molar-refractivity contribution in [3.05, 3.63) is 23.2 Å². The van der Waals surface area contributed by atoms with Crippen molar-refractivity contribution in [2.24, 2.45) is 4.99 Å². The fraction of sp³-hybridized carbons (Fsp3) is 0.647. The maximum atomic E-state index is 11.6. The summed E-state index contributed by atoms with van der Waals surface area (Å²) in [4.78, 5) is 16.2. The van der Waals surface area contributed by atoms with Gasteiger partial charge in [0.05, 0.1) is 7.11 Å². The molecule has 1 fully saturated rings. The minimum atomic E-state index is -0.381. The van der Waals surface area contributed by atoms with Crippen molar-refractivity contribution in [1.29, 1.82) is 0 Å². The number of carbonyl (C=O) groups excluding carboxylic acids is 1. The van der Waals surface area contributed by atoms with Gasteiger partial charge in [-0.3, -0.25) is 0 Å². The van der Waals surface area contributed by atoms with E-state index in [4.69, 9.17) is 9.15 Å². The number of esters is 1. The van der Waals surface area contributed by atoms with Crippen LogP contribution in [0.15, 0.2) is 15.5 Å². The molecule has 1 aliphatic carbocycles. The molecule has 0 unspecified atom stereocenters. The molecule has 0 saturated heterocycles. The highest BCUT2D eigenvalue weighted by molar-refractivity contribution is 14.0. The van der Waals surface area contributed by atoms with E-state index in [9.17, 15) is 4.79 Å². The predicted molar refractivity (Wildman–Crippen MR) is 105 cm³/mol. The van der Waals surface area contributed by atoms with E-state index in [1.807, 2.05) is 6.92 Å². The smallest absolute Gasteiger partial charge is 0.341 e. The average molecular weight is 449 g/mol. The van der Waals surface area contributed by atoms with Crippen molar-refractivity contribution >= 4 is 35.9 Å². The molecule has 24 heavy (non-hydrogen) atoms. The van der Waals surface area contributed by atoms with Crippen LogP contribution in [0.1, 0.15) is 60.9 Å². The number of hydrogen-bond donors (Lipinski definition) is 2. The SMILES string of the molecule is CCNC(=NCc1cc(C(=O)OC)c(C)o1)NC1CCCCC1.I. The Bertz CT molecular complexity index is 551. The van der Waals surface area contributed by atoms with Crippen LogP contribution in [0.4, 0.5) is 0 Å². The van der Waals surface area contributed by atoms with Crippen molar-refractivity contribution in [2.75, 3.05) is 13.7 Å². The Morgan fingerprint density at radius 2 is 2.08 bits per heavy atom. The first-order valence-electron chi connectivity index (χ1n) is 8.36. The summed E-state index contributed by atoms with van der Waals surface area (Å²) in [5.41, 5.74) is 0.461. The molecule has 136 valence electrons. The third-order valence-corrected chi connectivity index (χ3v) is 4.06. The summed E-state index contributed by atoms with van der Waals surface area (Å²) in [5, 5.41) is 6.75. The third kappa shape index (κ3) is 5.99. The summed E-state index contributed by atoms with van der Waals surface area (Å²) in [6.07, 6.45) is 6.26. The van der Waals surface area contributed by atoms with E-state index in [1.165, 1.54) is 39.2 Å².